The lowest BCUT2D eigenvalue weighted by molar-refractivity contribution is 0.348. The van der Waals surface area contributed by atoms with Crippen molar-refractivity contribution in [3.8, 4) is 22.3 Å². The summed E-state index contributed by atoms with van der Waals surface area (Å²) >= 11 is 0. The van der Waals surface area contributed by atoms with Gasteiger partial charge in [-0.05, 0) is 71.9 Å². The highest BCUT2D eigenvalue weighted by atomic mass is 19.1. The summed E-state index contributed by atoms with van der Waals surface area (Å²) in [4.78, 5) is 0. The largest absolute Gasteiger partial charge is 0.206 e. The van der Waals surface area contributed by atoms with E-state index in [1.807, 2.05) is 31.2 Å². The van der Waals surface area contributed by atoms with Gasteiger partial charge >= 0.3 is 0 Å². The molecule has 0 unspecified atom stereocenters. The Balaban J connectivity index is 1.50. The third-order valence-electron chi connectivity index (χ3n) is 6.55. The number of hydrogen-bond donors (Lipinski definition) is 0. The van der Waals surface area contributed by atoms with Crippen LogP contribution in [0.3, 0.4) is 0 Å². The van der Waals surface area contributed by atoms with Crippen LogP contribution >= 0.6 is 0 Å². The summed E-state index contributed by atoms with van der Waals surface area (Å²) in [5.74, 6) is 1.38. The minimum Gasteiger partial charge on any atom is -0.206 e. The Labute approximate surface area is 180 Å². The molecule has 0 amide bonds. The van der Waals surface area contributed by atoms with Gasteiger partial charge in [-0.2, -0.15) is 0 Å². The Morgan fingerprint density at radius 3 is 2.07 bits per heavy atom. The van der Waals surface area contributed by atoms with Crippen molar-refractivity contribution in [2.24, 2.45) is 5.92 Å². The summed E-state index contributed by atoms with van der Waals surface area (Å²) in [5, 5.41) is 0. The highest BCUT2D eigenvalue weighted by molar-refractivity contribution is 5.71. The van der Waals surface area contributed by atoms with Gasteiger partial charge in [-0.15, -0.1) is 0 Å². The van der Waals surface area contributed by atoms with Gasteiger partial charge in [0, 0.05) is 5.56 Å². The molecule has 3 aromatic carbocycles. The van der Waals surface area contributed by atoms with Crippen molar-refractivity contribution in [3.05, 3.63) is 95.8 Å². The molecule has 0 N–H and O–H groups in total. The summed E-state index contributed by atoms with van der Waals surface area (Å²) in [6.07, 6.45) is 10.3. The molecule has 0 aliphatic heterocycles. The van der Waals surface area contributed by atoms with Crippen molar-refractivity contribution >= 4 is 0 Å². The fourth-order valence-corrected chi connectivity index (χ4v) is 4.54. The lowest BCUT2D eigenvalue weighted by Gasteiger charge is -2.26. The summed E-state index contributed by atoms with van der Waals surface area (Å²) in [7, 11) is 0. The van der Waals surface area contributed by atoms with Crippen LogP contribution in [0.1, 0.15) is 56.6 Å². The molecule has 0 saturated heterocycles. The van der Waals surface area contributed by atoms with Gasteiger partial charge in [-0.1, -0.05) is 92.6 Å². The van der Waals surface area contributed by atoms with Crippen molar-refractivity contribution < 1.29 is 4.39 Å². The van der Waals surface area contributed by atoms with Crippen LogP contribution in [0, 0.1) is 11.7 Å². The molecule has 4 rings (SSSR count). The Hall–Kier alpha value is -2.67. The lowest BCUT2D eigenvalue weighted by Crippen LogP contribution is -2.10. The average molecular weight is 399 g/mol. The van der Waals surface area contributed by atoms with Crippen molar-refractivity contribution in [2.75, 3.05) is 0 Å². The molecular formula is C29H31F. The summed E-state index contributed by atoms with van der Waals surface area (Å²) < 4.78 is 14.9. The number of rotatable bonds is 5. The number of halogens is 1. The van der Waals surface area contributed by atoms with E-state index in [0.29, 0.717) is 11.5 Å². The van der Waals surface area contributed by atoms with Crippen LogP contribution in [0.4, 0.5) is 4.39 Å². The zero-order valence-corrected chi connectivity index (χ0v) is 18.1. The molecule has 154 valence electrons. The first-order valence-electron chi connectivity index (χ1n) is 11.2. The minimum atomic E-state index is -0.168. The van der Waals surface area contributed by atoms with E-state index >= 15 is 0 Å². The molecule has 0 spiro atoms. The number of allylic oxidation sites excluding steroid dienone is 2. The molecule has 0 bridgehead atoms. The van der Waals surface area contributed by atoms with Crippen LogP contribution in [0.5, 0.6) is 0 Å². The molecule has 1 aliphatic rings. The maximum atomic E-state index is 14.9. The second-order valence-corrected chi connectivity index (χ2v) is 8.74. The van der Waals surface area contributed by atoms with E-state index in [1.165, 1.54) is 36.8 Å². The van der Waals surface area contributed by atoms with Crippen LogP contribution in [0.25, 0.3) is 22.3 Å². The first-order chi connectivity index (χ1) is 14.6. The zero-order chi connectivity index (χ0) is 20.9. The molecule has 30 heavy (non-hydrogen) atoms. The minimum absolute atomic E-state index is 0.168. The molecule has 1 fully saturated rings. The van der Waals surface area contributed by atoms with E-state index in [2.05, 4.69) is 55.5 Å². The summed E-state index contributed by atoms with van der Waals surface area (Å²) in [6, 6.07) is 22.6. The third kappa shape index (κ3) is 4.73. The predicted octanol–water partition coefficient (Wildman–Crippen LogP) is 8.57. The molecule has 0 heterocycles. The fraction of sp³-hybridized carbons (Fsp3) is 0.310. The topological polar surface area (TPSA) is 0 Å². The standard InChI is InChI=1S/C29H31F/c1-3-4-5-22-8-12-26(13-9-22)28-19-18-27(20-29(28)30)25-16-14-24(15-17-25)23-10-6-21(2)7-11-23/h3-4,8-9,12-21,23H,5-7,10-11H2,1-2H3/b4-3+. The second kappa shape index (κ2) is 9.43. The Bertz CT molecular complexity index is 988. The predicted molar refractivity (Wildman–Crippen MR) is 126 cm³/mol. The molecule has 0 atom stereocenters. The van der Waals surface area contributed by atoms with Gasteiger partial charge in [0.15, 0.2) is 0 Å². The van der Waals surface area contributed by atoms with Gasteiger partial charge in [0.2, 0.25) is 0 Å². The average Bonchev–Trinajstić information content (AvgIpc) is 2.79. The number of benzene rings is 3. The Kier molecular flexibility index (Phi) is 6.47. The molecule has 3 aromatic rings. The fourth-order valence-electron chi connectivity index (χ4n) is 4.54. The molecule has 0 aromatic heterocycles. The molecular weight excluding hydrogens is 367 g/mol. The maximum absolute atomic E-state index is 14.9. The van der Waals surface area contributed by atoms with Crippen LogP contribution in [0.2, 0.25) is 0 Å². The third-order valence-corrected chi connectivity index (χ3v) is 6.55. The quantitative estimate of drug-likeness (QED) is 0.378. The SMILES string of the molecule is C/C=C/Cc1ccc(-c2ccc(-c3ccc(C4CCC(C)CC4)cc3)cc2F)cc1. The normalized spacial score (nSPS) is 19.3. The summed E-state index contributed by atoms with van der Waals surface area (Å²) in [5.41, 5.74) is 6.26. The molecule has 1 aliphatic carbocycles. The monoisotopic (exact) mass is 398 g/mol. The van der Waals surface area contributed by atoms with Crippen molar-refractivity contribution in [1.82, 2.24) is 0 Å². The Morgan fingerprint density at radius 1 is 0.800 bits per heavy atom. The Morgan fingerprint density at radius 2 is 1.43 bits per heavy atom. The van der Waals surface area contributed by atoms with E-state index in [0.717, 1.165) is 29.0 Å². The van der Waals surface area contributed by atoms with Gasteiger partial charge in [-0.25, -0.2) is 4.39 Å². The molecule has 0 nitrogen and oxygen atoms in total. The van der Waals surface area contributed by atoms with Crippen LogP contribution in [0.15, 0.2) is 78.9 Å². The van der Waals surface area contributed by atoms with Gasteiger partial charge in [0.05, 0.1) is 0 Å². The van der Waals surface area contributed by atoms with Gasteiger partial charge < -0.3 is 0 Å². The molecule has 1 saturated carbocycles. The van der Waals surface area contributed by atoms with Gasteiger partial charge in [0.25, 0.3) is 0 Å². The highest BCUT2D eigenvalue weighted by Gasteiger charge is 2.19. The summed E-state index contributed by atoms with van der Waals surface area (Å²) in [6.45, 7) is 4.38. The first kappa shape index (κ1) is 20.6. The number of hydrogen-bond acceptors (Lipinski definition) is 0. The molecule has 1 heteroatoms. The smallest absolute Gasteiger partial charge is 0.131 e. The van der Waals surface area contributed by atoms with Crippen molar-refractivity contribution in [2.45, 2.75) is 51.9 Å². The van der Waals surface area contributed by atoms with Gasteiger partial charge in [0.1, 0.15) is 5.82 Å². The molecule has 0 radical (unpaired) electrons. The van der Waals surface area contributed by atoms with Crippen molar-refractivity contribution in [1.29, 1.82) is 0 Å². The van der Waals surface area contributed by atoms with E-state index in [9.17, 15) is 4.39 Å². The lowest BCUT2D eigenvalue weighted by atomic mass is 9.79. The van der Waals surface area contributed by atoms with Crippen LogP contribution in [-0.2, 0) is 6.42 Å². The maximum Gasteiger partial charge on any atom is 0.131 e. The van der Waals surface area contributed by atoms with E-state index in [4.69, 9.17) is 0 Å². The second-order valence-electron chi connectivity index (χ2n) is 8.74. The van der Waals surface area contributed by atoms with E-state index < -0.39 is 0 Å². The van der Waals surface area contributed by atoms with Gasteiger partial charge in [-0.3, -0.25) is 0 Å². The van der Waals surface area contributed by atoms with E-state index in [1.54, 1.807) is 6.07 Å². The van der Waals surface area contributed by atoms with E-state index in [-0.39, 0.29) is 5.82 Å². The van der Waals surface area contributed by atoms with Crippen LogP contribution < -0.4 is 0 Å². The highest BCUT2D eigenvalue weighted by Crippen LogP contribution is 2.36. The van der Waals surface area contributed by atoms with Crippen LogP contribution in [-0.4, -0.2) is 0 Å². The first-order valence-corrected chi connectivity index (χ1v) is 11.2. The zero-order valence-electron chi connectivity index (χ0n) is 18.1. The van der Waals surface area contributed by atoms with Crippen molar-refractivity contribution in [3.63, 3.8) is 0 Å².